The Morgan fingerprint density at radius 3 is 2.42 bits per heavy atom. The first kappa shape index (κ1) is 16.6. The molecule has 128 valence electrons. The smallest absolute Gasteiger partial charge is 0.243 e. The normalized spacial score (nSPS) is 16.8. The quantitative estimate of drug-likeness (QED) is 0.913. The van der Waals surface area contributed by atoms with Gasteiger partial charge in [-0.05, 0) is 55.7 Å². The van der Waals surface area contributed by atoms with Gasteiger partial charge in [-0.1, -0.05) is 6.92 Å². The van der Waals surface area contributed by atoms with Gasteiger partial charge >= 0.3 is 0 Å². The predicted molar refractivity (Wildman–Crippen MR) is 93.5 cm³/mol. The number of hydrogen-bond acceptors (Lipinski definition) is 2. The highest BCUT2D eigenvalue weighted by Gasteiger charge is 2.24. The first-order valence-electron chi connectivity index (χ1n) is 8.60. The minimum absolute atomic E-state index is 0.0916. The van der Waals surface area contributed by atoms with E-state index in [4.69, 9.17) is 0 Å². The number of aromatic nitrogens is 1. The zero-order valence-corrected chi connectivity index (χ0v) is 14.0. The number of halogens is 1. The maximum Gasteiger partial charge on any atom is 0.243 e. The molecule has 1 aliphatic heterocycles. The van der Waals surface area contributed by atoms with Gasteiger partial charge in [0.05, 0.1) is 0 Å². The number of nitrogens with zero attached hydrogens (tertiary/aromatic N) is 2. The lowest BCUT2D eigenvalue weighted by Crippen LogP contribution is -2.46. The number of piperidine rings is 1. The zero-order chi connectivity index (χ0) is 16.9. The summed E-state index contributed by atoms with van der Waals surface area (Å²) < 4.78 is 15.0. The number of rotatable bonds is 5. The highest BCUT2D eigenvalue weighted by molar-refractivity contribution is 5.80. The Morgan fingerprint density at radius 1 is 1.21 bits per heavy atom. The molecule has 1 atom stereocenters. The van der Waals surface area contributed by atoms with Gasteiger partial charge in [0, 0.05) is 37.2 Å². The highest BCUT2D eigenvalue weighted by atomic mass is 19.1. The van der Waals surface area contributed by atoms with Gasteiger partial charge in [-0.25, -0.2) is 4.39 Å². The molecule has 0 spiro atoms. The summed E-state index contributed by atoms with van der Waals surface area (Å²) in [5, 5.41) is 3.19. The van der Waals surface area contributed by atoms with Gasteiger partial charge in [0.2, 0.25) is 5.91 Å². The molecular formula is C19H24FN3O. The monoisotopic (exact) mass is 329 g/mol. The Labute approximate surface area is 142 Å². The third-order valence-electron chi connectivity index (χ3n) is 4.71. The van der Waals surface area contributed by atoms with Crippen molar-refractivity contribution in [2.24, 2.45) is 0 Å². The Bertz CT molecular complexity index is 646. The average molecular weight is 329 g/mol. The molecule has 1 fully saturated rings. The van der Waals surface area contributed by atoms with E-state index in [0.717, 1.165) is 38.0 Å². The van der Waals surface area contributed by atoms with Crippen LogP contribution < -0.4 is 10.2 Å². The summed E-state index contributed by atoms with van der Waals surface area (Å²) in [6.07, 6.45) is 6.46. The summed E-state index contributed by atoms with van der Waals surface area (Å²) in [5.41, 5.74) is 1.04. The van der Waals surface area contributed by atoms with Crippen LogP contribution in [0.4, 0.5) is 10.1 Å². The molecule has 2 heterocycles. The molecule has 1 unspecified atom stereocenters. The van der Waals surface area contributed by atoms with Crippen LogP contribution in [0.15, 0.2) is 48.8 Å². The fourth-order valence-corrected chi connectivity index (χ4v) is 3.32. The fourth-order valence-electron chi connectivity index (χ4n) is 3.32. The maximum atomic E-state index is 13.0. The number of anilines is 1. The molecule has 0 aliphatic carbocycles. The topological polar surface area (TPSA) is 37.3 Å². The second kappa shape index (κ2) is 7.51. The minimum Gasteiger partial charge on any atom is -0.371 e. The molecule has 1 aromatic heterocycles. The Balaban J connectivity index is 1.53. The van der Waals surface area contributed by atoms with Crippen molar-refractivity contribution in [3.05, 3.63) is 54.6 Å². The van der Waals surface area contributed by atoms with Crippen molar-refractivity contribution >= 4 is 11.6 Å². The zero-order valence-electron chi connectivity index (χ0n) is 14.0. The van der Waals surface area contributed by atoms with E-state index in [0.29, 0.717) is 0 Å². The molecule has 3 rings (SSSR count). The van der Waals surface area contributed by atoms with E-state index < -0.39 is 0 Å². The third kappa shape index (κ3) is 3.78. The van der Waals surface area contributed by atoms with Crippen molar-refractivity contribution in [2.75, 3.05) is 18.0 Å². The molecule has 1 aliphatic rings. The Hall–Kier alpha value is -2.30. The first-order chi connectivity index (χ1) is 11.7. The maximum absolute atomic E-state index is 13.0. The number of carbonyl (C=O) groups is 1. The summed E-state index contributed by atoms with van der Waals surface area (Å²) in [6.45, 7) is 3.77. The number of carbonyl (C=O) groups excluding carboxylic acids is 1. The summed E-state index contributed by atoms with van der Waals surface area (Å²) in [4.78, 5) is 14.8. The average Bonchev–Trinajstić information content (AvgIpc) is 3.11. The lowest BCUT2D eigenvalue weighted by Gasteiger charge is -2.34. The van der Waals surface area contributed by atoms with Crippen LogP contribution in [0.3, 0.4) is 0 Å². The molecule has 0 saturated carbocycles. The van der Waals surface area contributed by atoms with E-state index in [9.17, 15) is 9.18 Å². The molecule has 0 bridgehead atoms. The van der Waals surface area contributed by atoms with E-state index in [2.05, 4.69) is 10.2 Å². The number of amides is 1. The molecule has 2 aromatic rings. The van der Waals surface area contributed by atoms with E-state index >= 15 is 0 Å². The van der Waals surface area contributed by atoms with Crippen LogP contribution in [0.25, 0.3) is 0 Å². The van der Waals surface area contributed by atoms with Gasteiger partial charge in [-0.2, -0.15) is 0 Å². The molecule has 1 saturated heterocycles. The number of hydrogen-bond donors (Lipinski definition) is 1. The molecule has 1 aromatic carbocycles. The van der Waals surface area contributed by atoms with Gasteiger partial charge in [0.25, 0.3) is 0 Å². The molecule has 0 radical (unpaired) electrons. The molecular weight excluding hydrogens is 305 g/mol. The third-order valence-corrected chi connectivity index (χ3v) is 4.71. The van der Waals surface area contributed by atoms with Crippen LogP contribution in [0.2, 0.25) is 0 Å². The molecule has 1 N–H and O–H groups in total. The molecule has 1 amide bonds. The molecule has 5 heteroatoms. The standard InChI is InChI=1S/C19H24FN3O/c1-2-18(23-11-3-4-12-23)19(24)21-16-9-13-22(14-10-16)17-7-5-15(20)6-8-17/h3-8,11-12,16,18H,2,9-10,13-14H2,1H3,(H,21,24). The number of nitrogens with one attached hydrogen (secondary N) is 1. The lowest BCUT2D eigenvalue weighted by molar-refractivity contribution is -0.125. The summed E-state index contributed by atoms with van der Waals surface area (Å²) >= 11 is 0. The second-order valence-corrected chi connectivity index (χ2v) is 6.30. The van der Waals surface area contributed by atoms with Crippen molar-refractivity contribution in [1.82, 2.24) is 9.88 Å². The largest absolute Gasteiger partial charge is 0.371 e. The molecule has 4 nitrogen and oxygen atoms in total. The first-order valence-corrected chi connectivity index (χ1v) is 8.60. The fraction of sp³-hybridized carbons (Fsp3) is 0.421. The van der Waals surface area contributed by atoms with Crippen molar-refractivity contribution in [2.45, 2.75) is 38.3 Å². The van der Waals surface area contributed by atoms with Gasteiger partial charge in [-0.15, -0.1) is 0 Å². The van der Waals surface area contributed by atoms with Crippen molar-refractivity contribution in [3.63, 3.8) is 0 Å². The summed E-state index contributed by atoms with van der Waals surface area (Å²) in [5.74, 6) is -0.120. The molecule has 24 heavy (non-hydrogen) atoms. The Kier molecular flexibility index (Phi) is 5.18. The van der Waals surface area contributed by atoms with Crippen molar-refractivity contribution < 1.29 is 9.18 Å². The van der Waals surface area contributed by atoms with Gasteiger partial charge in [0.15, 0.2) is 0 Å². The van der Waals surface area contributed by atoms with Gasteiger partial charge in [-0.3, -0.25) is 4.79 Å². The van der Waals surface area contributed by atoms with Gasteiger partial charge in [0.1, 0.15) is 11.9 Å². The van der Waals surface area contributed by atoms with E-state index in [1.165, 1.54) is 12.1 Å². The van der Waals surface area contributed by atoms with Gasteiger partial charge < -0.3 is 14.8 Å². The number of benzene rings is 1. The predicted octanol–water partition coefficient (Wildman–Crippen LogP) is 3.36. The van der Waals surface area contributed by atoms with Crippen LogP contribution >= 0.6 is 0 Å². The van der Waals surface area contributed by atoms with Crippen LogP contribution in [0, 0.1) is 5.82 Å². The van der Waals surface area contributed by atoms with E-state index in [1.807, 2.05) is 48.1 Å². The van der Waals surface area contributed by atoms with Crippen molar-refractivity contribution in [3.8, 4) is 0 Å². The second-order valence-electron chi connectivity index (χ2n) is 6.30. The van der Waals surface area contributed by atoms with Crippen LogP contribution in [0.5, 0.6) is 0 Å². The summed E-state index contributed by atoms with van der Waals surface area (Å²) in [7, 11) is 0. The van der Waals surface area contributed by atoms with Crippen LogP contribution in [0.1, 0.15) is 32.2 Å². The van der Waals surface area contributed by atoms with E-state index in [-0.39, 0.29) is 23.8 Å². The lowest BCUT2D eigenvalue weighted by atomic mass is 10.0. The highest BCUT2D eigenvalue weighted by Crippen LogP contribution is 2.21. The van der Waals surface area contributed by atoms with E-state index in [1.54, 1.807) is 0 Å². The SMILES string of the molecule is CCC(C(=O)NC1CCN(c2ccc(F)cc2)CC1)n1cccc1. The summed E-state index contributed by atoms with van der Waals surface area (Å²) in [6, 6.07) is 10.6. The minimum atomic E-state index is -0.212. The Morgan fingerprint density at radius 2 is 1.83 bits per heavy atom. The van der Waals surface area contributed by atoms with Crippen LogP contribution in [-0.4, -0.2) is 29.6 Å². The van der Waals surface area contributed by atoms with Crippen LogP contribution in [-0.2, 0) is 4.79 Å². The van der Waals surface area contributed by atoms with Crippen molar-refractivity contribution in [1.29, 1.82) is 0 Å².